The fourth-order valence-electron chi connectivity index (χ4n) is 6.62. The molecule has 0 amide bonds. The van der Waals surface area contributed by atoms with Gasteiger partial charge in [0.1, 0.15) is 4.61 Å². The minimum absolute atomic E-state index is 0.130. The summed E-state index contributed by atoms with van der Waals surface area (Å²) in [5.74, 6) is 2.14. The molecule has 158 valence electrons. The Morgan fingerprint density at radius 1 is 1.07 bits per heavy atom. The number of piperazine rings is 1. The smallest absolute Gasteiger partial charge is 0.131 e. The van der Waals surface area contributed by atoms with Gasteiger partial charge in [-0.25, -0.2) is 0 Å². The zero-order chi connectivity index (χ0) is 19.7. The summed E-state index contributed by atoms with van der Waals surface area (Å²) in [6.07, 6.45) is 10.5. The first-order valence-corrected chi connectivity index (χ1v) is 13.9. The molecule has 0 radical (unpaired) electrons. The van der Waals surface area contributed by atoms with Crippen molar-refractivity contribution in [3.63, 3.8) is 0 Å². The van der Waals surface area contributed by atoms with Gasteiger partial charge in [-0.3, -0.25) is 13.3 Å². The van der Waals surface area contributed by atoms with Crippen LogP contribution >= 0.6 is 21.0 Å². The zero-order valence-electron chi connectivity index (χ0n) is 18.3. The number of halogens is 1. The van der Waals surface area contributed by atoms with E-state index in [0.717, 1.165) is 19.0 Å². The molecule has 2 aliphatic carbocycles. The van der Waals surface area contributed by atoms with Crippen molar-refractivity contribution in [2.45, 2.75) is 103 Å². The third kappa shape index (κ3) is 4.31. The Hall–Kier alpha value is 0.410. The molecular weight excluding hydrogens is 449 g/mol. The summed E-state index contributed by atoms with van der Waals surface area (Å²) in [4.78, 5) is 9.43. The molecule has 2 spiro atoms. The van der Waals surface area contributed by atoms with Crippen molar-refractivity contribution >= 4 is 21.0 Å². The third-order valence-corrected chi connectivity index (χ3v) is 8.31. The van der Waals surface area contributed by atoms with E-state index in [-0.39, 0.29) is 11.1 Å². The van der Waals surface area contributed by atoms with Crippen LogP contribution in [0.3, 0.4) is 0 Å². The Kier molecular flexibility index (Phi) is 7.41. The van der Waals surface area contributed by atoms with Gasteiger partial charge in [0.05, 0.1) is 11.1 Å². The molecule has 1 heterocycles. The van der Waals surface area contributed by atoms with Gasteiger partial charge in [-0.05, 0) is 57.3 Å². The molecule has 5 heteroatoms. The molecule has 4 nitrogen and oxygen atoms in total. The number of rotatable bonds is 5. The summed E-state index contributed by atoms with van der Waals surface area (Å²) in [5, 5.41) is 2.59. The standard InChI is InChI=1S/C22H42IN3O/c1-17(2)20-10-9-19(5)13-22(20)15-25(18(3)4)14-21(11-7-6-8-12-21)26(22)27-16-23-24/h17-20,24H,6-16H2,1-5H3. The van der Waals surface area contributed by atoms with E-state index in [0.29, 0.717) is 22.5 Å². The number of alkyl halides is 1. The average Bonchev–Trinajstić information content (AvgIpc) is 2.61. The Bertz CT molecular complexity index is 506. The lowest BCUT2D eigenvalue weighted by atomic mass is 9.61. The predicted molar refractivity (Wildman–Crippen MR) is 121 cm³/mol. The van der Waals surface area contributed by atoms with E-state index in [9.17, 15) is 0 Å². The van der Waals surface area contributed by atoms with Crippen LogP contribution in [0.1, 0.15) is 86.0 Å². The number of nitrogens with zero attached hydrogens (tertiary/aromatic N) is 2. The van der Waals surface area contributed by atoms with Gasteiger partial charge < -0.3 is 0 Å². The summed E-state index contributed by atoms with van der Waals surface area (Å²) < 4.78 is 8.51. The van der Waals surface area contributed by atoms with Crippen LogP contribution in [0.5, 0.6) is 0 Å². The van der Waals surface area contributed by atoms with Gasteiger partial charge in [-0.15, -0.1) is 0 Å². The van der Waals surface area contributed by atoms with Crippen LogP contribution in [0.2, 0.25) is 0 Å². The molecular formula is C22H42IN3O. The molecule has 0 aromatic rings. The van der Waals surface area contributed by atoms with Crippen LogP contribution in [0.25, 0.3) is 0 Å². The second-order valence-electron chi connectivity index (χ2n) is 10.3. The molecule has 3 atom stereocenters. The van der Waals surface area contributed by atoms with Gasteiger partial charge in [-0.2, -0.15) is 5.06 Å². The number of hydroxylamine groups is 2. The average molecular weight is 492 g/mol. The molecule has 3 rings (SSSR count). The summed E-state index contributed by atoms with van der Waals surface area (Å²) in [6, 6.07) is 0.594. The SMILES string of the molecule is CC1CCC(C(C)C)C2(C1)CN(C(C)C)CC1(CCCCC1)N2OCI=N. The summed E-state index contributed by atoms with van der Waals surface area (Å²) >= 11 is -0.591. The van der Waals surface area contributed by atoms with Gasteiger partial charge in [0.2, 0.25) is 0 Å². The molecule has 1 N–H and O–H groups in total. The molecule has 0 aromatic carbocycles. The molecule has 1 saturated heterocycles. The second-order valence-corrected chi connectivity index (χ2v) is 11.7. The minimum Gasteiger partial charge on any atom is -0.297 e. The van der Waals surface area contributed by atoms with Crippen molar-refractivity contribution in [1.29, 1.82) is 3.56 Å². The van der Waals surface area contributed by atoms with E-state index in [1.807, 2.05) is 0 Å². The maximum Gasteiger partial charge on any atom is 0.131 e. The Balaban J connectivity index is 2.08. The highest BCUT2D eigenvalue weighted by Gasteiger charge is 2.60. The fraction of sp³-hybridized carbons (Fsp3) is 1.00. The van der Waals surface area contributed by atoms with Crippen molar-refractivity contribution in [3.05, 3.63) is 0 Å². The third-order valence-electron chi connectivity index (χ3n) is 7.72. The Morgan fingerprint density at radius 3 is 2.37 bits per heavy atom. The molecule has 3 aliphatic rings. The fourth-order valence-corrected chi connectivity index (χ4v) is 7.04. The van der Waals surface area contributed by atoms with E-state index >= 15 is 0 Å². The quantitative estimate of drug-likeness (QED) is 0.369. The van der Waals surface area contributed by atoms with E-state index in [1.165, 1.54) is 51.4 Å². The first-order chi connectivity index (χ1) is 12.8. The maximum atomic E-state index is 7.86. The van der Waals surface area contributed by atoms with Crippen molar-refractivity contribution in [3.8, 4) is 0 Å². The van der Waals surface area contributed by atoms with Gasteiger partial charge in [0.15, 0.2) is 0 Å². The monoisotopic (exact) mass is 491 g/mol. The van der Waals surface area contributed by atoms with Crippen LogP contribution in [0.15, 0.2) is 0 Å². The number of hydrogen-bond donors (Lipinski definition) is 1. The van der Waals surface area contributed by atoms with Crippen LogP contribution in [-0.2, 0) is 4.84 Å². The highest BCUT2D eigenvalue weighted by Crippen LogP contribution is 2.53. The highest BCUT2D eigenvalue weighted by atomic mass is 127. The minimum atomic E-state index is -0.591. The highest BCUT2D eigenvalue weighted by molar-refractivity contribution is 14.1. The van der Waals surface area contributed by atoms with E-state index in [2.05, 4.69) is 44.6 Å². The van der Waals surface area contributed by atoms with Gasteiger partial charge in [0.25, 0.3) is 0 Å². The summed E-state index contributed by atoms with van der Waals surface area (Å²) in [5.41, 5.74) is 0.300. The van der Waals surface area contributed by atoms with E-state index in [1.54, 1.807) is 0 Å². The Labute approximate surface area is 177 Å². The number of nitrogens with one attached hydrogen (secondary N) is 1. The Morgan fingerprint density at radius 2 is 1.78 bits per heavy atom. The van der Waals surface area contributed by atoms with Crippen LogP contribution in [-0.4, -0.2) is 44.8 Å². The maximum absolute atomic E-state index is 7.86. The van der Waals surface area contributed by atoms with Gasteiger partial charge >= 0.3 is 0 Å². The van der Waals surface area contributed by atoms with Crippen molar-refractivity contribution in [2.75, 3.05) is 17.7 Å². The number of hydrogen-bond acceptors (Lipinski definition) is 4. The first kappa shape index (κ1) is 22.1. The topological polar surface area (TPSA) is 39.6 Å². The van der Waals surface area contributed by atoms with Gasteiger partial charge in [-0.1, -0.05) is 46.5 Å². The van der Waals surface area contributed by atoms with Crippen molar-refractivity contribution in [1.82, 2.24) is 9.96 Å². The normalized spacial score (nSPS) is 35.5. The largest absolute Gasteiger partial charge is 0.297 e. The lowest BCUT2D eigenvalue weighted by molar-refractivity contribution is -0.326. The predicted octanol–water partition coefficient (Wildman–Crippen LogP) is 6.17. The van der Waals surface area contributed by atoms with Crippen LogP contribution < -0.4 is 0 Å². The second kappa shape index (κ2) is 9.05. The molecule has 3 fully saturated rings. The molecule has 1 aliphatic heterocycles. The molecule has 0 aromatic heterocycles. The lowest BCUT2D eigenvalue weighted by Gasteiger charge is -2.65. The summed E-state index contributed by atoms with van der Waals surface area (Å²) in [7, 11) is 0. The molecule has 27 heavy (non-hydrogen) atoms. The summed E-state index contributed by atoms with van der Waals surface area (Å²) in [6.45, 7) is 14.4. The van der Waals surface area contributed by atoms with E-state index in [4.69, 9.17) is 8.40 Å². The molecule has 2 saturated carbocycles. The zero-order valence-corrected chi connectivity index (χ0v) is 20.4. The van der Waals surface area contributed by atoms with Crippen LogP contribution in [0, 0.1) is 21.3 Å². The van der Waals surface area contributed by atoms with Crippen molar-refractivity contribution in [2.24, 2.45) is 17.8 Å². The molecule has 3 unspecified atom stereocenters. The molecule has 0 bridgehead atoms. The van der Waals surface area contributed by atoms with E-state index < -0.39 is 21.0 Å². The first-order valence-electron chi connectivity index (χ1n) is 11.3. The lowest BCUT2D eigenvalue weighted by Crippen LogP contribution is -2.76. The van der Waals surface area contributed by atoms with Crippen molar-refractivity contribution < 1.29 is 4.84 Å². The van der Waals surface area contributed by atoms with Crippen LogP contribution in [0.4, 0.5) is 0 Å². The van der Waals surface area contributed by atoms with Gasteiger partial charge in [0, 0.05) is 40.2 Å².